The van der Waals surface area contributed by atoms with Gasteiger partial charge in [0.25, 0.3) is 5.91 Å². The Morgan fingerprint density at radius 3 is 2.61 bits per heavy atom. The number of carbonyl (C=O) groups is 3. The summed E-state index contributed by atoms with van der Waals surface area (Å²) in [7, 11) is 1.50. The normalized spacial score (nSPS) is 15.5. The van der Waals surface area contributed by atoms with Gasteiger partial charge in [-0.15, -0.1) is 0 Å². The summed E-state index contributed by atoms with van der Waals surface area (Å²) in [5, 5.41) is 5.45. The first-order chi connectivity index (χ1) is 16.0. The largest absolute Gasteiger partial charge is 0.494 e. The van der Waals surface area contributed by atoms with Gasteiger partial charge in [-0.1, -0.05) is 26.2 Å². The summed E-state index contributed by atoms with van der Waals surface area (Å²) in [5.41, 5.74) is 0.410. The van der Waals surface area contributed by atoms with Crippen LogP contribution in [0.4, 0.5) is 0 Å². The molecule has 9 nitrogen and oxygen atoms in total. The molecule has 2 amide bonds. The zero-order valence-electron chi connectivity index (χ0n) is 19.3. The summed E-state index contributed by atoms with van der Waals surface area (Å²) in [5.74, 6) is -0.590. The molecule has 0 spiro atoms. The molecule has 0 aliphatic carbocycles. The number of rotatable bonds is 12. The number of ether oxygens (including phenoxy) is 3. The van der Waals surface area contributed by atoms with Crippen molar-refractivity contribution in [1.82, 2.24) is 15.5 Å². The number of unbranched alkanes of at least 4 members (excludes halogenated alkanes) is 3. The van der Waals surface area contributed by atoms with Crippen LogP contribution in [0.15, 0.2) is 24.3 Å². The maximum atomic E-state index is 12.7. The van der Waals surface area contributed by atoms with Crippen molar-refractivity contribution in [2.24, 2.45) is 0 Å². The summed E-state index contributed by atoms with van der Waals surface area (Å²) in [6.45, 7) is 3.89. The fourth-order valence-electron chi connectivity index (χ4n) is 3.28. The standard InChI is InChI=1S/C23H33N3O6S/c1-3-4-5-6-13-31-18-9-7-17(8-10-18)21(28)25-23(33)26-12-11-24-22(29)19(26)16-20(27)32-15-14-30-2/h7-10,19H,3-6,11-16H2,1-2H3,(H,24,29)(H,25,28,33). The van der Waals surface area contributed by atoms with Gasteiger partial charge in [0.2, 0.25) is 5.91 Å². The Bertz CT molecular complexity index is 802. The monoisotopic (exact) mass is 479 g/mol. The summed E-state index contributed by atoms with van der Waals surface area (Å²) >= 11 is 5.37. The average molecular weight is 480 g/mol. The number of esters is 1. The molecule has 1 saturated heterocycles. The molecule has 2 N–H and O–H groups in total. The lowest BCUT2D eigenvalue weighted by Crippen LogP contribution is -2.60. The highest BCUT2D eigenvalue weighted by molar-refractivity contribution is 7.80. The Balaban J connectivity index is 1.89. The fraction of sp³-hybridized carbons (Fsp3) is 0.565. The Morgan fingerprint density at radius 2 is 1.91 bits per heavy atom. The molecule has 0 bridgehead atoms. The van der Waals surface area contributed by atoms with Crippen LogP contribution >= 0.6 is 12.2 Å². The van der Waals surface area contributed by atoms with Crippen molar-refractivity contribution in [3.63, 3.8) is 0 Å². The fourth-order valence-corrected chi connectivity index (χ4v) is 3.59. The number of amides is 2. The van der Waals surface area contributed by atoms with Crippen LogP contribution in [0.25, 0.3) is 0 Å². The third kappa shape index (κ3) is 8.97. The van der Waals surface area contributed by atoms with E-state index in [-0.39, 0.29) is 30.7 Å². The number of thiocarbonyl (C=S) groups is 1. The third-order valence-corrected chi connectivity index (χ3v) is 5.44. The van der Waals surface area contributed by atoms with Gasteiger partial charge in [-0.05, 0) is 42.9 Å². The molecule has 1 aliphatic heterocycles. The molecular formula is C23H33N3O6S. The summed E-state index contributed by atoms with van der Waals surface area (Å²) in [6.07, 6.45) is 4.31. The van der Waals surface area contributed by atoms with Crippen LogP contribution < -0.4 is 15.4 Å². The highest BCUT2D eigenvalue weighted by Gasteiger charge is 2.34. The van der Waals surface area contributed by atoms with Gasteiger partial charge in [0.1, 0.15) is 18.4 Å². The molecule has 33 heavy (non-hydrogen) atoms. The maximum absolute atomic E-state index is 12.7. The minimum atomic E-state index is -0.856. The molecule has 0 aromatic heterocycles. The zero-order valence-corrected chi connectivity index (χ0v) is 20.1. The smallest absolute Gasteiger partial charge is 0.308 e. The quantitative estimate of drug-likeness (QED) is 0.267. The van der Waals surface area contributed by atoms with E-state index in [4.69, 9.17) is 26.4 Å². The molecule has 1 fully saturated rings. The molecule has 2 rings (SSSR count). The van der Waals surface area contributed by atoms with Crippen LogP contribution in [-0.4, -0.2) is 73.9 Å². The third-order valence-electron chi connectivity index (χ3n) is 5.11. The van der Waals surface area contributed by atoms with Crippen molar-refractivity contribution in [2.45, 2.75) is 45.1 Å². The first-order valence-electron chi connectivity index (χ1n) is 11.2. The molecule has 1 aliphatic rings. The predicted molar refractivity (Wildman–Crippen MR) is 127 cm³/mol. The zero-order chi connectivity index (χ0) is 24.1. The van der Waals surface area contributed by atoms with E-state index in [0.29, 0.717) is 31.0 Å². The minimum absolute atomic E-state index is 0.0841. The van der Waals surface area contributed by atoms with Gasteiger partial charge in [0.05, 0.1) is 19.6 Å². The van der Waals surface area contributed by atoms with Gasteiger partial charge < -0.3 is 24.4 Å². The van der Waals surface area contributed by atoms with Crippen LogP contribution in [0.3, 0.4) is 0 Å². The van der Waals surface area contributed by atoms with Crippen LogP contribution in [0.2, 0.25) is 0 Å². The van der Waals surface area contributed by atoms with Gasteiger partial charge in [-0.2, -0.15) is 0 Å². The minimum Gasteiger partial charge on any atom is -0.494 e. The Kier molecular flexibility index (Phi) is 11.6. The Labute approximate surface area is 200 Å². The highest BCUT2D eigenvalue weighted by atomic mass is 32.1. The van der Waals surface area contributed by atoms with E-state index >= 15 is 0 Å². The molecule has 1 heterocycles. The number of piperazine rings is 1. The van der Waals surface area contributed by atoms with E-state index in [9.17, 15) is 14.4 Å². The van der Waals surface area contributed by atoms with E-state index in [1.807, 2.05) is 0 Å². The van der Waals surface area contributed by atoms with Crippen molar-refractivity contribution < 1.29 is 28.6 Å². The van der Waals surface area contributed by atoms with Crippen LogP contribution in [-0.2, 0) is 19.1 Å². The van der Waals surface area contributed by atoms with Gasteiger partial charge in [0, 0.05) is 25.8 Å². The van der Waals surface area contributed by atoms with Gasteiger partial charge in [0.15, 0.2) is 5.11 Å². The first-order valence-corrected chi connectivity index (χ1v) is 11.6. The molecule has 1 aromatic carbocycles. The van der Waals surface area contributed by atoms with Gasteiger partial charge in [-0.3, -0.25) is 19.7 Å². The van der Waals surface area contributed by atoms with Crippen LogP contribution in [0.5, 0.6) is 5.75 Å². The second kappa shape index (κ2) is 14.4. The molecule has 1 atom stereocenters. The summed E-state index contributed by atoms with van der Waals surface area (Å²) in [6, 6.07) is 5.94. The predicted octanol–water partition coefficient (Wildman–Crippen LogP) is 2.04. The lowest BCUT2D eigenvalue weighted by atomic mass is 10.1. The molecule has 182 valence electrons. The summed E-state index contributed by atoms with van der Waals surface area (Å²) < 4.78 is 15.6. The van der Waals surface area contributed by atoms with Gasteiger partial charge >= 0.3 is 5.97 Å². The number of hydrogen-bond acceptors (Lipinski definition) is 7. The molecular weight excluding hydrogens is 446 g/mol. The van der Waals surface area contributed by atoms with E-state index in [1.165, 1.54) is 24.9 Å². The lowest BCUT2D eigenvalue weighted by Gasteiger charge is -2.36. The van der Waals surface area contributed by atoms with E-state index in [2.05, 4.69) is 17.6 Å². The number of benzene rings is 1. The molecule has 0 radical (unpaired) electrons. The topological polar surface area (TPSA) is 106 Å². The molecule has 0 saturated carbocycles. The van der Waals surface area contributed by atoms with Crippen molar-refractivity contribution >= 4 is 35.1 Å². The van der Waals surface area contributed by atoms with Crippen molar-refractivity contribution in [1.29, 1.82) is 0 Å². The number of hydrogen-bond donors (Lipinski definition) is 2. The van der Waals surface area contributed by atoms with Crippen molar-refractivity contribution in [3.8, 4) is 5.75 Å². The number of methoxy groups -OCH3 is 1. The van der Waals surface area contributed by atoms with E-state index in [1.54, 1.807) is 24.3 Å². The second-order valence-electron chi connectivity index (χ2n) is 7.61. The highest BCUT2D eigenvalue weighted by Crippen LogP contribution is 2.14. The first kappa shape index (κ1) is 26.5. The van der Waals surface area contributed by atoms with Gasteiger partial charge in [-0.25, -0.2) is 0 Å². The van der Waals surface area contributed by atoms with Crippen molar-refractivity contribution in [3.05, 3.63) is 29.8 Å². The molecule has 1 aromatic rings. The molecule has 1 unspecified atom stereocenters. The number of carbonyl (C=O) groups excluding carboxylic acids is 3. The van der Waals surface area contributed by atoms with E-state index in [0.717, 1.165) is 12.8 Å². The number of nitrogens with zero attached hydrogens (tertiary/aromatic N) is 1. The summed E-state index contributed by atoms with van der Waals surface area (Å²) in [4.78, 5) is 38.6. The molecule has 10 heteroatoms. The van der Waals surface area contributed by atoms with Crippen LogP contribution in [0.1, 0.15) is 49.4 Å². The number of nitrogens with one attached hydrogen (secondary N) is 2. The Hall–Kier alpha value is -2.72. The van der Waals surface area contributed by atoms with E-state index < -0.39 is 17.9 Å². The lowest BCUT2D eigenvalue weighted by molar-refractivity contribution is -0.148. The SMILES string of the molecule is CCCCCCOc1ccc(C(=O)NC(=S)N2CCNC(=O)C2CC(=O)OCCOC)cc1. The Morgan fingerprint density at radius 1 is 1.15 bits per heavy atom. The van der Waals surface area contributed by atoms with Crippen LogP contribution in [0, 0.1) is 0 Å². The maximum Gasteiger partial charge on any atom is 0.308 e. The average Bonchev–Trinajstić information content (AvgIpc) is 2.80. The van der Waals surface area contributed by atoms with Crippen molar-refractivity contribution in [2.75, 3.05) is 40.0 Å². The second-order valence-corrected chi connectivity index (χ2v) is 8.00.